The topological polar surface area (TPSA) is 46.5 Å². The largest absolute Gasteiger partial charge is 0.489 e. The van der Waals surface area contributed by atoms with Crippen LogP contribution in [0, 0.1) is 0 Å². The quantitative estimate of drug-likeness (QED) is 0.676. The number of allylic oxidation sites excluding steroid dienone is 1. The van der Waals surface area contributed by atoms with Crippen molar-refractivity contribution in [1.82, 2.24) is 0 Å². The number of hydrogen-bond donors (Lipinski definition) is 1. The molecule has 0 radical (unpaired) electrons. The minimum Gasteiger partial charge on any atom is -0.489 e. The number of fused-ring (bicyclic) bond motifs is 1. The first-order chi connectivity index (χ1) is 11.7. The minimum atomic E-state index is -0.920. The molecule has 0 aliphatic heterocycles. The van der Waals surface area contributed by atoms with Crippen LogP contribution in [0.2, 0.25) is 0 Å². The smallest absolute Gasteiger partial charge is 0.327 e. The van der Waals surface area contributed by atoms with Crippen molar-refractivity contribution in [3.63, 3.8) is 0 Å². The Labute approximate surface area is 140 Å². The molecule has 3 nitrogen and oxygen atoms in total. The van der Waals surface area contributed by atoms with Crippen LogP contribution < -0.4 is 4.74 Å². The number of aliphatic carboxylic acids is 1. The molecule has 0 heterocycles. The van der Waals surface area contributed by atoms with Crippen LogP contribution in [0.4, 0.5) is 0 Å². The third-order valence-electron chi connectivity index (χ3n) is 3.74. The van der Waals surface area contributed by atoms with E-state index < -0.39 is 5.97 Å². The molecule has 3 aromatic carbocycles. The van der Waals surface area contributed by atoms with E-state index in [-0.39, 0.29) is 0 Å². The lowest BCUT2D eigenvalue weighted by molar-refractivity contribution is -0.131. The fourth-order valence-corrected chi connectivity index (χ4v) is 2.53. The molecule has 24 heavy (non-hydrogen) atoms. The zero-order valence-corrected chi connectivity index (χ0v) is 13.2. The molecular formula is C21H18O3. The van der Waals surface area contributed by atoms with Gasteiger partial charge >= 0.3 is 5.97 Å². The third-order valence-corrected chi connectivity index (χ3v) is 3.74. The second-order valence-electron chi connectivity index (χ2n) is 5.56. The maximum absolute atomic E-state index is 10.5. The predicted molar refractivity (Wildman–Crippen MR) is 95.2 cm³/mol. The Morgan fingerprint density at radius 1 is 0.917 bits per heavy atom. The van der Waals surface area contributed by atoms with Crippen LogP contribution in [-0.2, 0) is 17.8 Å². The minimum absolute atomic E-state index is 0.546. The van der Waals surface area contributed by atoms with E-state index in [0.29, 0.717) is 13.0 Å². The summed E-state index contributed by atoms with van der Waals surface area (Å²) in [6.07, 6.45) is 3.43. The summed E-state index contributed by atoms with van der Waals surface area (Å²) in [7, 11) is 0. The molecule has 3 heteroatoms. The molecule has 0 bridgehead atoms. The van der Waals surface area contributed by atoms with E-state index in [2.05, 4.69) is 6.07 Å². The Morgan fingerprint density at radius 2 is 1.67 bits per heavy atom. The number of carboxylic acid groups (broad SMARTS) is 1. The first-order valence-corrected chi connectivity index (χ1v) is 7.79. The van der Waals surface area contributed by atoms with Crippen LogP contribution in [0.3, 0.4) is 0 Å². The molecule has 3 rings (SSSR count). The van der Waals surface area contributed by atoms with E-state index in [1.54, 1.807) is 6.08 Å². The molecule has 0 saturated heterocycles. The summed E-state index contributed by atoms with van der Waals surface area (Å²) in [6, 6.07) is 22.2. The van der Waals surface area contributed by atoms with Crippen molar-refractivity contribution in [2.24, 2.45) is 0 Å². The SMILES string of the molecule is O=C(O)C=CCc1ccc2cc(OCc3ccccc3)ccc2c1. The van der Waals surface area contributed by atoms with E-state index in [0.717, 1.165) is 27.6 Å². The van der Waals surface area contributed by atoms with Gasteiger partial charge in [-0.3, -0.25) is 0 Å². The number of carbonyl (C=O) groups is 1. The van der Waals surface area contributed by atoms with Crippen molar-refractivity contribution in [1.29, 1.82) is 0 Å². The summed E-state index contributed by atoms with van der Waals surface area (Å²) < 4.78 is 5.85. The highest BCUT2D eigenvalue weighted by Crippen LogP contribution is 2.23. The van der Waals surface area contributed by atoms with Crippen molar-refractivity contribution in [3.05, 3.63) is 90.0 Å². The maximum atomic E-state index is 10.5. The second-order valence-corrected chi connectivity index (χ2v) is 5.56. The molecule has 0 unspecified atom stereocenters. The van der Waals surface area contributed by atoms with Gasteiger partial charge in [-0.1, -0.05) is 60.7 Å². The van der Waals surface area contributed by atoms with Crippen LogP contribution >= 0.6 is 0 Å². The van der Waals surface area contributed by atoms with Gasteiger partial charge in [0.15, 0.2) is 0 Å². The molecule has 0 saturated carbocycles. The summed E-state index contributed by atoms with van der Waals surface area (Å²) in [6.45, 7) is 0.546. The Balaban J connectivity index is 1.71. The Morgan fingerprint density at radius 3 is 2.46 bits per heavy atom. The number of benzene rings is 3. The van der Waals surface area contributed by atoms with Gasteiger partial charge in [-0.25, -0.2) is 4.79 Å². The van der Waals surface area contributed by atoms with Gasteiger partial charge in [-0.2, -0.15) is 0 Å². The van der Waals surface area contributed by atoms with Gasteiger partial charge in [0.2, 0.25) is 0 Å². The fourth-order valence-electron chi connectivity index (χ4n) is 2.53. The first-order valence-electron chi connectivity index (χ1n) is 7.79. The van der Waals surface area contributed by atoms with Crippen molar-refractivity contribution in [2.45, 2.75) is 13.0 Å². The number of rotatable bonds is 6. The zero-order chi connectivity index (χ0) is 16.8. The molecule has 0 aliphatic carbocycles. The lowest BCUT2D eigenvalue weighted by Crippen LogP contribution is -1.94. The van der Waals surface area contributed by atoms with Crippen LogP contribution in [0.15, 0.2) is 78.9 Å². The van der Waals surface area contributed by atoms with E-state index in [1.165, 1.54) is 6.08 Å². The Hall–Kier alpha value is -3.07. The molecule has 0 fully saturated rings. The second kappa shape index (κ2) is 7.47. The molecule has 0 spiro atoms. The summed E-state index contributed by atoms with van der Waals surface area (Å²) in [5.41, 5.74) is 2.22. The summed E-state index contributed by atoms with van der Waals surface area (Å²) in [4.78, 5) is 10.5. The summed E-state index contributed by atoms with van der Waals surface area (Å²) >= 11 is 0. The molecule has 0 atom stereocenters. The lowest BCUT2D eigenvalue weighted by atomic mass is 10.0. The molecular weight excluding hydrogens is 300 g/mol. The molecule has 0 amide bonds. The molecule has 1 N–H and O–H groups in total. The monoisotopic (exact) mass is 318 g/mol. The summed E-state index contributed by atoms with van der Waals surface area (Å²) in [5.74, 6) is -0.0825. The fraction of sp³-hybridized carbons (Fsp3) is 0.0952. The standard InChI is InChI=1S/C21H18O3/c22-21(23)8-4-7-16-9-10-19-14-20(12-11-18(19)13-16)24-15-17-5-2-1-3-6-17/h1-6,8-14H,7,15H2,(H,22,23). The average molecular weight is 318 g/mol. The van der Waals surface area contributed by atoms with E-state index in [4.69, 9.17) is 9.84 Å². The predicted octanol–water partition coefficient (Wildman–Crippen LogP) is 4.60. The van der Waals surface area contributed by atoms with E-state index in [1.807, 2.05) is 60.7 Å². The number of carboxylic acids is 1. The molecule has 3 aromatic rings. The van der Waals surface area contributed by atoms with Crippen molar-refractivity contribution < 1.29 is 14.6 Å². The van der Waals surface area contributed by atoms with Gasteiger partial charge in [-0.05, 0) is 40.5 Å². The van der Waals surface area contributed by atoms with Gasteiger partial charge in [0.25, 0.3) is 0 Å². The maximum Gasteiger partial charge on any atom is 0.327 e. The van der Waals surface area contributed by atoms with Crippen LogP contribution in [0.5, 0.6) is 5.75 Å². The zero-order valence-electron chi connectivity index (χ0n) is 13.2. The van der Waals surface area contributed by atoms with Crippen LogP contribution in [0.25, 0.3) is 10.8 Å². The highest BCUT2D eigenvalue weighted by atomic mass is 16.5. The Bertz CT molecular complexity index is 867. The van der Waals surface area contributed by atoms with Gasteiger partial charge in [-0.15, -0.1) is 0 Å². The Kier molecular flexibility index (Phi) is 4.92. The van der Waals surface area contributed by atoms with E-state index in [9.17, 15) is 4.79 Å². The van der Waals surface area contributed by atoms with Crippen LogP contribution in [-0.4, -0.2) is 11.1 Å². The van der Waals surface area contributed by atoms with Gasteiger partial charge in [0.1, 0.15) is 12.4 Å². The molecule has 0 aliphatic rings. The number of hydrogen-bond acceptors (Lipinski definition) is 2. The van der Waals surface area contributed by atoms with Gasteiger partial charge in [0, 0.05) is 6.08 Å². The summed E-state index contributed by atoms with van der Waals surface area (Å²) in [5, 5.41) is 10.8. The highest BCUT2D eigenvalue weighted by Gasteiger charge is 2.00. The van der Waals surface area contributed by atoms with E-state index >= 15 is 0 Å². The first kappa shape index (κ1) is 15.8. The van der Waals surface area contributed by atoms with Gasteiger partial charge in [0.05, 0.1) is 0 Å². The average Bonchev–Trinajstić information content (AvgIpc) is 2.60. The van der Waals surface area contributed by atoms with Crippen molar-refractivity contribution in [2.75, 3.05) is 0 Å². The highest BCUT2D eigenvalue weighted by molar-refractivity contribution is 5.84. The number of ether oxygens (including phenoxy) is 1. The third kappa shape index (κ3) is 4.23. The molecule has 120 valence electrons. The molecule has 0 aromatic heterocycles. The normalized spacial score (nSPS) is 11.0. The lowest BCUT2D eigenvalue weighted by Gasteiger charge is -2.08. The van der Waals surface area contributed by atoms with Gasteiger partial charge < -0.3 is 9.84 Å². The van der Waals surface area contributed by atoms with Crippen molar-refractivity contribution in [3.8, 4) is 5.75 Å². The van der Waals surface area contributed by atoms with Crippen LogP contribution in [0.1, 0.15) is 11.1 Å². The van der Waals surface area contributed by atoms with Crippen molar-refractivity contribution >= 4 is 16.7 Å².